The van der Waals surface area contributed by atoms with Crippen LogP contribution in [-0.4, -0.2) is 40.8 Å². The average Bonchev–Trinajstić information content (AvgIpc) is 2.46. The summed E-state index contributed by atoms with van der Waals surface area (Å²) in [6, 6.07) is 6.56. The highest BCUT2D eigenvalue weighted by Crippen LogP contribution is 2.25. The lowest BCUT2D eigenvalue weighted by atomic mass is 10.1. The first-order valence-corrected chi connectivity index (χ1v) is 7.84. The molecule has 1 heterocycles. The highest BCUT2D eigenvalue weighted by Gasteiger charge is 2.26. The Morgan fingerprint density at radius 1 is 1.25 bits per heavy atom. The number of nitrogens with zero attached hydrogens (tertiary/aromatic N) is 1. The Hall–Kier alpha value is -1.49. The second-order valence-corrected chi connectivity index (χ2v) is 6.69. The van der Waals surface area contributed by atoms with E-state index in [0.29, 0.717) is 22.3 Å². The molecule has 5 heteroatoms. The lowest BCUT2D eigenvalue weighted by molar-refractivity contribution is 0.0755. The molecule has 2 amide bonds. The zero-order valence-corrected chi connectivity index (χ0v) is 12.7. The van der Waals surface area contributed by atoms with E-state index in [9.17, 15) is 9.59 Å². The van der Waals surface area contributed by atoms with Crippen molar-refractivity contribution in [3.63, 3.8) is 0 Å². The zero-order valence-electron chi connectivity index (χ0n) is 11.8. The second-order valence-electron chi connectivity index (χ2n) is 5.35. The minimum Gasteiger partial charge on any atom is -0.366 e. The molecule has 20 heavy (non-hydrogen) atoms. The summed E-state index contributed by atoms with van der Waals surface area (Å²) >= 11 is 1.94. The van der Waals surface area contributed by atoms with Crippen LogP contribution in [0.25, 0.3) is 0 Å². The molecule has 0 bridgehead atoms. The molecule has 1 saturated heterocycles. The first-order chi connectivity index (χ1) is 9.49. The van der Waals surface area contributed by atoms with Crippen molar-refractivity contribution in [3.05, 3.63) is 35.4 Å². The molecule has 1 fully saturated rings. The molecule has 0 unspecified atom stereocenters. The van der Waals surface area contributed by atoms with E-state index < -0.39 is 5.91 Å². The molecular weight excluding hydrogens is 272 g/mol. The number of benzene rings is 1. The van der Waals surface area contributed by atoms with Gasteiger partial charge >= 0.3 is 0 Å². The fourth-order valence-electron chi connectivity index (χ4n) is 2.22. The number of amides is 2. The number of primary amides is 1. The van der Waals surface area contributed by atoms with E-state index in [-0.39, 0.29) is 5.91 Å². The maximum atomic E-state index is 12.4. The van der Waals surface area contributed by atoms with Crippen LogP contribution < -0.4 is 5.73 Å². The molecule has 0 aliphatic carbocycles. The Morgan fingerprint density at radius 2 is 1.85 bits per heavy atom. The minimum atomic E-state index is -0.474. The number of rotatable bonds is 3. The number of carbonyl (C=O) groups is 2. The smallest absolute Gasteiger partial charge is 0.253 e. The first-order valence-electron chi connectivity index (χ1n) is 6.80. The van der Waals surface area contributed by atoms with E-state index in [0.717, 1.165) is 18.8 Å². The predicted molar refractivity (Wildman–Crippen MR) is 81.9 cm³/mol. The molecule has 1 aliphatic rings. The van der Waals surface area contributed by atoms with E-state index in [4.69, 9.17) is 5.73 Å². The molecular formula is C15H20N2O2S. The van der Waals surface area contributed by atoms with Gasteiger partial charge in [0.05, 0.1) is 0 Å². The Balaban J connectivity index is 2.08. The van der Waals surface area contributed by atoms with E-state index in [2.05, 4.69) is 13.8 Å². The van der Waals surface area contributed by atoms with Crippen LogP contribution in [0.5, 0.6) is 0 Å². The van der Waals surface area contributed by atoms with Gasteiger partial charge in [-0.25, -0.2) is 0 Å². The summed E-state index contributed by atoms with van der Waals surface area (Å²) in [5.41, 5.74) is 6.24. The van der Waals surface area contributed by atoms with Gasteiger partial charge in [0.1, 0.15) is 0 Å². The average molecular weight is 292 g/mol. The third kappa shape index (κ3) is 3.33. The van der Waals surface area contributed by atoms with Crippen LogP contribution >= 0.6 is 11.8 Å². The largest absolute Gasteiger partial charge is 0.366 e. The normalized spacial score (nSPS) is 19.1. The molecule has 0 radical (unpaired) electrons. The Morgan fingerprint density at radius 3 is 2.40 bits per heavy atom. The summed E-state index contributed by atoms with van der Waals surface area (Å²) < 4.78 is 0. The number of hydrogen-bond donors (Lipinski definition) is 1. The van der Waals surface area contributed by atoms with Gasteiger partial charge in [0.25, 0.3) is 5.91 Å². The maximum absolute atomic E-state index is 12.4. The van der Waals surface area contributed by atoms with Crippen molar-refractivity contribution in [1.29, 1.82) is 0 Å². The zero-order chi connectivity index (χ0) is 14.7. The van der Waals surface area contributed by atoms with Crippen LogP contribution in [0.2, 0.25) is 0 Å². The fraction of sp³-hybridized carbons (Fsp3) is 0.467. The van der Waals surface area contributed by atoms with Crippen molar-refractivity contribution >= 4 is 23.6 Å². The predicted octanol–water partition coefficient (Wildman–Crippen LogP) is 2.00. The molecule has 4 nitrogen and oxygen atoms in total. The fourth-order valence-corrected chi connectivity index (χ4v) is 3.52. The molecule has 1 aliphatic heterocycles. The van der Waals surface area contributed by atoms with Gasteiger partial charge in [-0.05, 0) is 30.2 Å². The quantitative estimate of drug-likeness (QED) is 0.926. The standard InChI is InChI=1S/C15H20N2O2S/c1-10(2)13-9-17(7-8-20-13)15(19)12-5-3-11(4-6-12)14(16)18/h3-6,10,13H,7-9H2,1-2H3,(H2,16,18)/t13-/m0/s1. The Kier molecular flexibility index (Phi) is 4.70. The molecule has 2 rings (SSSR count). The maximum Gasteiger partial charge on any atom is 0.253 e. The van der Waals surface area contributed by atoms with E-state index >= 15 is 0 Å². The Labute approximate surface area is 123 Å². The van der Waals surface area contributed by atoms with Gasteiger partial charge in [0, 0.05) is 35.2 Å². The lowest BCUT2D eigenvalue weighted by Gasteiger charge is -2.34. The van der Waals surface area contributed by atoms with E-state index in [1.807, 2.05) is 16.7 Å². The van der Waals surface area contributed by atoms with Gasteiger partial charge < -0.3 is 10.6 Å². The second kappa shape index (κ2) is 6.31. The number of nitrogens with two attached hydrogens (primary N) is 1. The van der Waals surface area contributed by atoms with Gasteiger partial charge in [0.2, 0.25) is 5.91 Å². The van der Waals surface area contributed by atoms with Crippen molar-refractivity contribution in [2.75, 3.05) is 18.8 Å². The molecule has 0 spiro atoms. The molecule has 1 aromatic carbocycles. The van der Waals surface area contributed by atoms with Gasteiger partial charge in [0.15, 0.2) is 0 Å². The van der Waals surface area contributed by atoms with Crippen LogP contribution in [0.4, 0.5) is 0 Å². The minimum absolute atomic E-state index is 0.0342. The molecule has 0 saturated carbocycles. The first kappa shape index (κ1) is 14.9. The van der Waals surface area contributed by atoms with Crippen molar-refractivity contribution in [1.82, 2.24) is 4.90 Å². The highest BCUT2D eigenvalue weighted by atomic mass is 32.2. The van der Waals surface area contributed by atoms with Crippen molar-refractivity contribution < 1.29 is 9.59 Å². The third-order valence-corrected chi connectivity index (χ3v) is 5.08. The summed E-state index contributed by atoms with van der Waals surface area (Å²) in [4.78, 5) is 25.4. The molecule has 1 atom stereocenters. The number of hydrogen-bond acceptors (Lipinski definition) is 3. The summed E-state index contributed by atoms with van der Waals surface area (Å²) in [5.74, 6) is 1.10. The number of thioether (sulfide) groups is 1. The van der Waals surface area contributed by atoms with Gasteiger partial charge in [-0.2, -0.15) is 11.8 Å². The topological polar surface area (TPSA) is 63.4 Å². The third-order valence-electron chi connectivity index (χ3n) is 3.54. The summed E-state index contributed by atoms with van der Waals surface area (Å²) in [7, 11) is 0. The highest BCUT2D eigenvalue weighted by molar-refractivity contribution is 8.00. The van der Waals surface area contributed by atoms with Crippen LogP contribution in [0.1, 0.15) is 34.6 Å². The monoisotopic (exact) mass is 292 g/mol. The van der Waals surface area contributed by atoms with Crippen LogP contribution in [0.15, 0.2) is 24.3 Å². The molecule has 1 aromatic rings. The molecule has 2 N–H and O–H groups in total. The Bertz CT molecular complexity index is 499. The van der Waals surface area contributed by atoms with Crippen LogP contribution in [0, 0.1) is 5.92 Å². The van der Waals surface area contributed by atoms with Gasteiger partial charge in [-0.1, -0.05) is 13.8 Å². The van der Waals surface area contributed by atoms with Crippen LogP contribution in [0.3, 0.4) is 0 Å². The van der Waals surface area contributed by atoms with Crippen molar-refractivity contribution in [2.24, 2.45) is 11.7 Å². The van der Waals surface area contributed by atoms with E-state index in [1.54, 1.807) is 24.3 Å². The summed E-state index contributed by atoms with van der Waals surface area (Å²) in [6.45, 7) is 5.95. The lowest BCUT2D eigenvalue weighted by Crippen LogP contribution is -2.43. The van der Waals surface area contributed by atoms with E-state index in [1.165, 1.54) is 0 Å². The number of carbonyl (C=O) groups excluding carboxylic acids is 2. The van der Waals surface area contributed by atoms with Gasteiger partial charge in [-0.15, -0.1) is 0 Å². The molecule has 0 aromatic heterocycles. The van der Waals surface area contributed by atoms with Crippen LogP contribution in [-0.2, 0) is 0 Å². The van der Waals surface area contributed by atoms with Gasteiger partial charge in [-0.3, -0.25) is 9.59 Å². The summed E-state index contributed by atoms with van der Waals surface area (Å²) in [6.07, 6.45) is 0. The molecule has 108 valence electrons. The van der Waals surface area contributed by atoms with Crippen molar-refractivity contribution in [2.45, 2.75) is 19.1 Å². The summed E-state index contributed by atoms with van der Waals surface area (Å²) in [5, 5.41) is 0.498. The SMILES string of the molecule is CC(C)[C@@H]1CN(C(=O)c2ccc(C(N)=O)cc2)CCS1. The van der Waals surface area contributed by atoms with Crippen molar-refractivity contribution in [3.8, 4) is 0 Å².